The van der Waals surface area contributed by atoms with Gasteiger partial charge in [0.15, 0.2) is 0 Å². The molecule has 1 amide bonds. The molecular formula is C19H23N5O2. The second-order valence-corrected chi connectivity index (χ2v) is 7.14. The summed E-state index contributed by atoms with van der Waals surface area (Å²) < 4.78 is 3.81. The molecule has 0 saturated heterocycles. The van der Waals surface area contributed by atoms with Gasteiger partial charge in [0, 0.05) is 31.3 Å². The van der Waals surface area contributed by atoms with E-state index in [1.54, 1.807) is 6.20 Å². The molecule has 1 fully saturated rings. The molecule has 0 bridgehead atoms. The number of rotatable bonds is 5. The molecule has 3 atom stereocenters. The molecule has 1 aliphatic carbocycles. The number of hydrogen-bond acceptors (Lipinski definition) is 4. The van der Waals surface area contributed by atoms with Gasteiger partial charge in [0.1, 0.15) is 5.65 Å². The smallest absolute Gasteiger partial charge is 0.226 e. The van der Waals surface area contributed by atoms with E-state index in [1.165, 1.54) is 0 Å². The molecule has 0 radical (unpaired) electrons. The predicted octanol–water partition coefficient (Wildman–Crippen LogP) is 1.34. The third kappa shape index (κ3) is 3.48. The lowest BCUT2D eigenvalue weighted by Gasteiger charge is -2.16. The summed E-state index contributed by atoms with van der Waals surface area (Å²) in [5.41, 5.74) is 2.68. The minimum Gasteiger partial charge on any atom is -0.391 e. The summed E-state index contributed by atoms with van der Waals surface area (Å²) >= 11 is 0. The van der Waals surface area contributed by atoms with Gasteiger partial charge in [-0.25, -0.2) is 4.98 Å². The van der Waals surface area contributed by atoms with E-state index in [9.17, 15) is 9.90 Å². The van der Waals surface area contributed by atoms with Gasteiger partial charge in [-0.15, -0.1) is 0 Å². The number of pyridine rings is 1. The topological polar surface area (TPSA) is 84.5 Å². The number of aromatic nitrogens is 4. The first-order valence-electron chi connectivity index (χ1n) is 8.96. The lowest BCUT2D eigenvalue weighted by atomic mass is 10.1. The van der Waals surface area contributed by atoms with Gasteiger partial charge in [0.25, 0.3) is 0 Å². The highest BCUT2D eigenvalue weighted by atomic mass is 16.3. The Hall–Kier alpha value is -2.67. The van der Waals surface area contributed by atoms with Crippen LogP contribution in [0.3, 0.4) is 0 Å². The molecule has 3 heterocycles. The Bertz CT molecular complexity index is 902. The van der Waals surface area contributed by atoms with Crippen LogP contribution in [0.1, 0.15) is 24.1 Å². The van der Waals surface area contributed by atoms with E-state index in [0.29, 0.717) is 12.3 Å². The summed E-state index contributed by atoms with van der Waals surface area (Å²) in [4.78, 5) is 16.9. The van der Waals surface area contributed by atoms with Gasteiger partial charge in [-0.3, -0.25) is 9.48 Å². The van der Waals surface area contributed by atoms with Crippen molar-refractivity contribution in [1.29, 1.82) is 0 Å². The summed E-state index contributed by atoms with van der Waals surface area (Å²) in [5, 5.41) is 17.5. The van der Waals surface area contributed by atoms with Crippen molar-refractivity contribution >= 4 is 11.6 Å². The maximum absolute atomic E-state index is 12.4. The number of carbonyl (C=O) groups excluding carboxylic acids is 1. The van der Waals surface area contributed by atoms with Gasteiger partial charge in [-0.1, -0.05) is 6.07 Å². The molecule has 3 aromatic heterocycles. The summed E-state index contributed by atoms with van der Waals surface area (Å²) in [7, 11) is 0. The Morgan fingerprint density at radius 2 is 2.23 bits per heavy atom. The minimum atomic E-state index is -0.511. The van der Waals surface area contributed by atoms with Crippen LogP contribution >= 0.6 is 0 Å². The van der Waals surface area contributed by atoms with Crippen molar-refractivity contribution in [2.24, 2.45) is 5.92 Å². The molecule has 7 heteroatoms. The Morgan fingerprint density at radius 3 is 3.00 bits per heavy atom. The Labute approximate surface area is 151 Å². The van der Waals surface area contributed by atoms with Gasteiger partial charge < -0.3 is 14.8 Å². The quantitative estimate of drug-likeness (QED) is 0.725. The van der Waals surface area contributed by atoms with E-state index in [0.717, 1.165) is 29.9 Å². The average molecular weight is 353 g/mol. The van der Waals surface area contributed by atoms with Gasteiger partial charge in [-0.05, 0) is 43.4 Å². The lowest BCUT2D eigenvalue weighted by Crippen LogP contribution is -2.40. The van der Waals surface area contributed by atoms with Crippen LogP contribution in [0.4, 0.5) is 0 Å². The fourth-order valence-electron chi connectivity index (χ4n) is 3.81. The molecule has 26 heavy (non-hydrogen) atoms. The summed E-state index contributed by atoms with van der Waals surface area (Å²) in [6, 6.07) is 5.65. The van der Waals surface area contributed by atoms with Crippen molar-refractivity contribution in [1.82, 2.24) is 24.5 Å². The van der Waals surface area contributed by atoms with Crippen LogP contribution in [0.15, 0.2) is 43.0 Å². The molecule has 1 aliphatic rings. The highest BCUT2D eigenvalue weighted by molar-refractivity contribution is 5.78. The SMILES string of the molecule is Cc1cccn2cc(CC(=O)N[C@@H]3CC(Cn4cccn4)C[C@H]3O)nc12. The molecule has 1 unspecified atom stereocenters. The number of hydrogen-bond donors (Lipinski definition) is 2. The van der Waals surface area contributed by atoms with Crippen molar-refractivity contribution in [2.75, 3.05) is 0 Å². The molecule has 0 spiro atoms. The van der Waals surface area contributed by atoms with Gasteiger partial charge >= 0.3 is 0 Å². The van der Waals surface area contributed by atoms with Crippen molar-refractivity contribution in [3.63, 3.8) is 0 Å². The number of nitrogens with one attached hydrogen (secondary N) is 1. The number of fused-ring (bicyclic) bond motifs is 1. The number of aryl methyl sites for hydroxylation is 1. The number of nitrogens with zero attached hydrogens (tertiary/aromatic N) is 4. The second-order valence-electron chi connectivity index (χ2n) is 7.14. The standard InChI is InChI=1S/C19H23N5O2/c1-13-4-2-6-23-12-15(21-19(13)23)10-18(26)22-16-8-14(9-17(16)25)11-24-7-3-5-20-24/h2-7,12,14,16-17,25H,8-11H2,1H3,(H,22,26)/t14?,16-,17-/m1/s1. The molecule has 1 saturated carbocycles. The Morgan fingerprint density at radius 1 is 1.35 bits per heavy atom. The third-order valence-electron chi connectivity index (χ3n) is 5.05. The normalized spacial score (nSPS) is 22.8. The van der Waals surface area contributed by atoms with Crippen molar-refractivity contribution in [3.8, 4) is 0 Å². The second kappa shape index (κ2) is 6.92. The van der Waals surface area contributed by atoms with E-state index in [1.807, 2.05) is 52.8 Å². The maximum Gasteiger partial charge on any atom is 0.226 e. The number of aliphatic hydroxyl groups is 1. The number of aliphatic hydroxyl groups excluding tert-OH is 1. The zero-order valence-corrected chi connectivity index (χ0v) is 14.7. The number of carbonyl (C=O) groups is 1. The lowest BCUT2D eigenvalue weighted by molar-refractivity contribution is -0.121. The van der Waals surface area contributed by atoms with E-state index < -0.39 is 6.10 Å². The largest absolute Gasteiger partial charge is 0.391 e. The van der Waals surface area contributed by atoms with E-state index in [2.05, 4.69) is 15.4 Å². The molecule has 7 nitrogen and oxygen atoms in total. The first kappa shape index (κ1) is 16.8. The summed E-state index contributed by atoms with van der Waals surface area (Å²) in [6.45, 7) is 2.77. The molecule has 0 aromatic carbocycles. The Kier molecular flexibility index (Phi) is 4.46. The molecule has 3 aromatic rings. The van der Waals surface area contributed by atoms with Crippen LogP contribution in [0.25, 0.3) is 5.65 Å². The molecule has 4 rings (SSSR count). The zero-order chi connectivity index (χ0) is 18.1. The number of amides is 1. The highest BCUT2D eigenvalue weighted by Gasteiger charge is 2.34. The van der Waals surface area contributed by atoms with Crippen LogP contribution in [-0.4, -0.2) is 42.3 Å². The van der Waals surface area contributed by atoms with Crippen molar-refractivity contribution < 1.29 is 9.90 Å². The fraction of sp³-hybridized carbons (Fsp3) is 0.421. The fourth-order valence-corrected chi connectivity index (χ4v) is 3.81. The highest BCUT2D eigenvalue weighted by Crippen LogP contribution is 2.27. The average Bonchev–Trinajstić information content (AvgIpc) is 3.30. The Balaban J connectivity index is 1.36. The number of imidazole rings is 1. The minimum absolute atomic E-state index is 0.102. The predicted molar refractivity (Wildman–Crippen MR) is 96.5 cm³/mol. The first-order chi connectivity index (χ1) is 12.6. The zero-order valence-electron chi connectivity index (χ0n) is 14.7. The van der Waals surface area contributed by atoms with E-state index >= 15 is 0 Å². The van der Waals surface area contributed by atoms with Crippen LogP contribution in [0.2, 0.25) is 0 Å². The van der Waals surface area contributed by atoms with E-state index in [4.69, 9.17) is 0 Å². The van der Waals surface area contributed by atoms with Gasteiger partial charge in [0.05, 0.1) is 24.3 Å². The van der Waals surface area contributed by atoms with Crippen LogP contribution < -0.4 is 5.32 Å². The summed E-state index contributed by atoms with van der Waals surface area (Å²) in [5.74, 6) is 0.211. The summed E-state index contributed by atoms with van der Waals surface area (Å²) in [6.07, 6.45) is 8.63. The molecule has 0 aliphatic heterocycles. The molecule has 2 N–H and O–H groups in total. The van der Waals surface area contributed by atoms with Gasteiger partial charge in [-0.2, -0.15) is 5.10 Å². The maximum atomic E-state index is 12.4. The van der Waals surface area contributed by atoms with Gasteiger partial charge in [0.2, 0.25) is 5.91 Å². The van der Waals surface area contributed by atoms with Crippen LogP contribution in [0.5, 0.6) is 0 Å². The van der Waals surface area contributed by atoms with Crippen molar-refractivity contribution in [2.45, 2.75) is 44.9 Å². The molecule has 136 valence electrons. The first-order valence-corrected chi connectivity index (χ1v) is 8.96. The van der Waals surface area contributed by atoms with Crippen LogP contribution in [-0.2, 0) is 17.8 Å². The monoisotopic (exact) mass is 353 g/mol. The van der Waals surface area contributed by atoms with Crippen molar-refractivity contribution in [3.05, 3.63) is 54.2 Å². The van der Waals surface area contributed by atoms with Crippen LogP contribution in [0, 0.1) is 12.8 Å². The molecular weight excluding hydrogens is 330 g/mol. The van der Waals surface area contributed by atoms with E-state index in [-0.39, 0.29) is 18.4 Å². The third-order valence-corrected chi connectivity index (χ3v) is 5.05.